The molecule has 1 atom stereocenters. The molecule has 0 aliphatic rings. The largest absolute Gasteiger partial charge is 0.548 e. The van der Waals surface area contributed by atoms with Crippen molar-refractivity contribution >= 4 is 19.9 Å². The molecule has 0 aliphatic heterocycles. The van der Waals surface area contributed by atoms with Crippen molar-refractivity contribution in [2.75, 3.05) is 26.6 Å². The van der Waals surface area contributed by atoms with Gasteiger partial charge in [-0.3, -0.25) is 4.79 Å². The maximum absolute atomic E-state index is 15.0. The number of amides is 1. The second-order valence-electron chi connectivity index (χ2n) is 17.0. The number of rotatable bonds is 33. The molecule has 0 radical (unpaired) electrons. The smallest absolute Gasteiger partial charge is 0.243 e. The average molecular weight is 819 g/mol. The van der Waals surface area contributed by atoms with Crippen molar-refractivity contribution in [1.82, 2.24) is 5.16 Å². The first-order chi connectivity index (χ1) is 28.1. The van der Waals surface area contributed by atoms with Gasteiger partial charge in [0.05, 0.1) is 32.8 Å². The van der Waals surface area contributed by atoms with Gasteiger partial charge in [0.1, 0.15) is 28.4 Å². The molecule has 2 aromatic carbocycles. The Kier molecular flexibility index (Phi) is 22.7. The summed E-state index contributed by atoms with van der Waals surface area (Å²) in [6, 6.07) is 15.6. The summed E-state index contributed by atoms with van der Waals surface area (Å²) in [5.41, 5.74) is 1.10. The molecule has 3 rings (SSSR count). The van der Waals surface area contributed by atoms with E-state index in [4.69, 9.17) is 23.2 Å². The van der Waals surface area contributed by atoms with Gasteiger partial charge in [-0.1, -0.05) is 165 Å². The lowest BCUT2D eigenvalue weighted by atomic mass is 9.73. The molecule has 1 aromatic heterocycles. The number of hydrogen-bond donors (Lipinski definition) is 1. The van der Waals surface area contributed by atoms with Gasteiger partial charge in [0.15, 0.2) is 5.76 Å². The molecule has 1 heterocycles. The number of allylic oxidation sites excluding steroid dienone is 1. The zero-order valence-corrected chi connectivity index (χ0v) is 38.5. The Balaban J connectivity index is 1.69. The Labute approximate surface area is 353 Å². The predicted octanol–water partition coefficient (Wildman–Crippen LogP) is 14.1. The van der Waals surface area contributed by atoms with Crippen LogP contribution in [0.3, 0.4) is 0 Å². The molecule has 0 saturated carbocycles. The standard InChI is InChI=1S/C49H78N2O6Si/c1-9-10-11-12-13-14-18-21-24-30-35-42-37-46(56-51-42)49(41-33-28-26-29-34-41,48(52)50-47-44(54-4)38-43(53-3)39-45(47)55-5)36-31-25-22-19-16-15-17-20-23-27-32-40(2)57-58(6,7)8/h26,28-29,33-34,37-39H,2,9-25,27,30-32,35-36H2,1,3-8H3,(H,50,52). The molecule has 0 spiro atoms. The summed E-state index contributed by atoms with van der Waals surface area (Å²) in [7, 11) is 3.20. The van der Waals surface area contributed by atoms with E-state index < -0.39 is 13.7 Å². The van der Waals surface area contributed by atoms with Gasteiger partial charge in [-0.2, -0.15) is 0 Å². The van der Waals surface area contributed by atoms with Gasteiger partial charge < -0.3 is 28.5 Å². The highest BCUT2D eigenvalue weighted by molar-refractivity contribution is 6.70. The van der Waals surface area contributed by atoms with Crippen molar-refractivity contribution in [3.05, 3.63) is 77.9 Å². The second kappa shape index (κ2) is 27.1. The maximum atomic E-state index is 15.0. The quantitative estimate of drug-likeness (QED) is 0.0372. The average Bonchev–Trinajstić information content (AvgIpc) is 3.69. The number of nitrogens with zero attached hydrogens (tertiary/aromatic N) is 1. The number of aromatic nitrogens is 1. The second-order valence-corrected chi connectivity index (χ2v) is 21.5. The number of aryl methyl sites for hydroxylation is 1. The van der Waals surface area contributed by atoms with E-state index in [-0.39, 0.29) is 5.91 Å². The van der Waals surface area contributed by atoms with E-state index in [1.807, 2.05) is 36.4 Å². The minimum atomic E-state index is -1.55. The Morgan fingerprint density at radius 3 is 1.74 bits per heavy atom. The van der Waals surface area contributed by atoms with Crippen molar-refractivity contribution in [2.24, 2.45) is 0 Å². The van der Waals surface area contributed by atoms with Crippen LogP contribution < -0.4 is 19.5 Å². The number of anilines is 1. The van der Waals surface area contributed by atoms with E-state index in [1.54, 1.807) is 33.5 Å². The third-order valence-electron chi connectivity index (χ3n) is 11.1. The summed E-state index contributed by atoms with van der Waals surface area (Å²) >= 11 is 0. The monoisotopic (exact) mass is 819 g/mol. The normalized spacial score (nSPS) is 12.5. The van der Waals surface area contributed by atoms with Gasteiger partial charge in [0, 0.05) is 24.6 Å². The lowest BCUT2D eigenvalue weighted by molar-refractivity contribution is -0.121. The Hall–Kier alpha value is -3.72. The Morgan fingerprint density at radius 2 is 1.22 bits per heavy atom. The van der Waals surface area contributed by atoms with Crippen LogP contribution in [0.1, 0.15) is 165 Å². The lowest BCUT2D eigenvalue weighted by Gasteiger charge is -2.31. The Morgan fingerprint density at radius 1 is 0.707 bits per heavy atom. The van der Waals surface area contributed by atoms with Crippen LogP contribution in [-0.4, -0.2) is 40.7 Å². The number of benzene rings is 2. The zero-order valence-electron chi connectivity index (χ0n) is 37.5. The summed E-state index contributed by atoms with van der Waals surface area (Å²) in [4.78, 5) is 15.0. The van der Waals surface area contributed by atoms with Crippen molar-refractivity contribution in [3.8, 4) is 17.2 Å². The van der Waals surface area contributed by atoms with Crippen LogP contribution in [0.4, 0.5) is 5.69 Å². The molecule has 0 saturated heterocycles. The fourth-order valence-electron chi connectivity index (χ4n) is 7.87. The summed E-state index contributed by atoms with van der Waals surface area (Å²) in [6.07, 6.45) is 26.8. The van der Waals surface area contributed by atoms with Crippen LogP contribution in [0.5, 0.6) is 17.2 Å². The number of nitrogens with one attached hydrogen (secondary N) is 1. The van der Waals surface area contributed by atoms with Crippen LogP contribution in [0.25, 0.3) is 0 Å². The molecule has 8 nitrogen and oxygen atoms in total. The highest BCUT2D eigenvalue weighted by Gasteiger charge is 2.46. The number of methoxy groups -OCH3 is 3. The van der Waals surface area contributed by atoms with Gasteiger partial charge in [-0.05, 0) is 50.9 Å². The molecule has 1 N–H and O–H groups in total. The first-order valence-corrected chi connectivity index (χ1v) is 26.0. The Bertz CT molecular complexity index is 1560. The van der Waals surface area contributed by atoms with E-state index >= 15 is 4.79 Å². The molecule has 0 bridgehead atoms. The first kappa shape index (κ1) is 48.6. The maximum Gasteiger partial charge on any atom is 0.243 e. The summed E-state index contributed by atoms with van der Waals surface area (Å²) < 4.78 is 29.2. The van der Waals surface area contributed by atoms with Gasteiger partial charge >= 0.3 is 0 Å². The van der Waals surface area contributed by atoms with Gasteiger partial charge in [-0.15, -0.1) is 0 Å². The van der Waals surface area contributed by atoms with Crippen LogP contribution in [-0.2, 0) is 21.1 Å². The molecule has 9 heteroatoms. The highest BCUT2D eigenvalue weighted by atomic mass is 28.4. The SMILES string of the molecule is C=C(CCCCCCCCCCCCC(C(=O)Nc1c(OC)cc(OC)cc1OC)(c1ccccc1)c1cc(CCCCCCCCCCCC)no1)O[Si](C)(C)C. The van der Waals surface area contributed by atoms with Crippen molar-refractivity contribution in [1.29, 1.82) is 0 Å². The van der Waals surface area contributed by atoms with Gasteiger partial charge in [0.2, 0.25) is 14.2 Å². The van der Waals surface area contributed by atoms with Crippen molar-refractivity contribution in [2.45, 2.75) is 180 Å². The van der Waals surface area contributed by atoms with Crippen molar-refractivity contribution in [3.63, 3.8) is 0 Å². The van der Waals surface area contributed by atoms with Crippen LogP contribution in [0.15, 0.2) is 65.4 Å². The van der Waals surface area contributed by atoms with Crippen LogP contribution in [0, 0.1) is 0 Å². The third kappa shape index (κ3) is 16.9. The van der Waals surface area contributed by atoms with E-state index in [0.717, 1.165) is 62.0 Å². The predicted molar refractivity (Wildman–Crippen MR) is 243 cm³/mol. The van der Waals surface area contributed by atoms with E-state index in [9.17, 15) is 0 Å². The molecule has 324 valence electrons. The fraction of sp³-hybridized carbons (Fsp3) is 0.633. The summed E-state index contributed by atoms with van der Waals surface area (Å²) in [6.45, 7) is 13.0. The molecule has 3 aromatic rings. The number of carbonyl (C=O) groups is 1. The van der Waals surface area contributed by atoms with E-state index in [1.165, 1.54) is 96.3 Å². The number of carbonyl (C=O) groups excluding carboxylic acids is 1. The first-order valence-electron chi connectivity index (χ1n) is 22.6. The minimum Gasteiger partial charge on any atom is -0.548 e. The fourth-order valence-corrected chi connectivity index (χ4v) is 8.84. The molecular formula is C49H78N2O6Si. The molecular weight excluding hydrogens is 741 g/mol. The summed E-state index contributed by atoms with van der Waals surface area (Å²) in [5.74, 6) is 2.79. The van der Waals surface area contributed by atoms with E-state index in [0.29, 0.717) is 35.1 Å². The zero-order chi connectivity index (χ0) is 42.1. The minimum absolute atomic E-state index is 0.210. The topological polar surface area (TPSA) is 92.1 Å². The van der Waals surface area contributed by atoms with Crippen LogP contribution >= 0.6 is 0 Å². The highest BCUT2D eigenvalue weighted by Crippen LogP contribution is 2.43. The molecule has 58 heavy (non-hydrogen) atoms. The molecule has 1 unspecified atom stereocenters. The summed E-state index contributed by atoms with van der Waals surface area (Å²) in [5, 5.41) is 7.79. The van der Waals surface area contributed by atoms with Gasteiger partial charge in [-0.25, -0.2) is 0 Å². The number of hydrogen-bond acceptors (Lipinski definition) is 7. The number of ether oxygens (including phenoxy) is 3. The van der Waals surface area contributed by atoms with Gasteiger partial charge in [0.25, 0.3) is 0 Å². The lowest BCUT2D eigenvalue weighted by Crippen LogP contribution is -2.41. The number of unbranched alkanes of at least 4 members (excludes halogenated alkanes) is 18. The van der Waals surface area contributed by atoms with Crippen LogP contribution in [0.2, 0.25) is 19.6 Å². The molecule has 1 amide bonds. The van der Waals surface area contributed by atoms with Crippen molar-refractivity contribution < 1.29 is 28.0 Å². The molecule has 0 fully saturated rings. The molecule has 0 aliphatic carbocycles. The third-order valence-corrected chi connectivity index (χ3v) is 12.0. The van der Waals surface area contributed by atoms with E-state index in [2.05, 4.69) is 43.6 Å².